The summed E-state index contributed by atoms with van der Waals surface area (Å²) >= 11 is 0. The molecular formula is C15H23N3O2S. The van der Waals surface area contributed by atoms with Gasteiger partial charge < -0.3 is 11.1 Å². The molecule has 6 heteroatoms. The lowest BCUT2D eigenvalue weighted by molar-refractivity contribution is 0.520. The van der Waals surface area contributed by atoms with E-state index in [9.17, 15) is 8.42 Å². The number of nitrogens with two attached hydrogens (primary N) is 1. The predicted molar refractivity (Wildman–Crippen MR) is 84.6 cm³/mol. The number of nitrogens with one attached hydrogen (secondary N) is 1. The number of sulfonamides is 1. The highest BCUT2D eigenvalue weighted by molar-refractivity contribution is 7.89. The predicted octanol–water partition coefficient (Wildman–Crippen LogP) is 2.12. The fraction of sp³-hybridized carbons (Fsp3) is 0.600. The van der Waals surface area contributed by atoms with Crippen LogP contribution in [-0.4, -0.2) is 32.9 Å². The van der Waals surface area contributed by atoms with Crippen LogP contribution in [0.5, 0.6) is 0 Å². The van der Waals surface area contributed by atoms with Crippen LogP contribution in [0, 0.1) is 11.8 Å². The van der Waals surface area contributed by atoms with Crippen LogP contribution < -0.4 is 11.1 Å². The van der Waals surface area contributed by atoms with Crippen molar-refractivity contribution >= 4 is 21.4 Å². The maximum Gasteiger partial charge on any atom is 0.242 e. The van der Waals surface area contributed by atoms with E-state index in [0.717, 1.165) is 17.5 Å². The molecule has 0 saturated heterocycles. The summed E-state index contributed by atoms with van der Waals surface area (Å²) in [5.41, 5.74) is 7.39. The van der Waals surface area contributed by atoms with E-state index < -0.39 is 10.0 Å². The molecule has 0 bridgehead atoms. The Morgan fingerprint density at radius 3 is 2.24 bits per heavy atom. The van der Waals surface area contributed by atoms with Crippen LogP contribution in [0.1, 0.15) is 25.7 Å². The smallest absolute Gasteiger partial charge is 0.242 e. The highest BCUT2D eigenvalue weighted by Gasteiger charge is 2.41. The Morgan fingerprint density at radius 2 is 1.76 bits per heavy atom. The van der Waals surface area contributed by atoms with Crippen molar-refractivity contribution in [1.29, 1.82) is 0 Å². The largest absolute Gasteiger partial charge is 0.397 e. The second-order valence-corrected chi connectivity index (χ2v) is 8.53. The number of nitrogens with zero attached hydrogens (tertiary/aromatic N) is 1. The number of nitrogen functional groups attached to an aromatic ring is 1. The Bertz CT molecular complexity index is 622. The van der Waals surface area contributed by atoms with Crippen LogP contribution in [0.25, 0.3) is 0 Å². The normalized spacial score (nSPS) is 19.2. The molecule has 0 radical (unpaired) electrons. The van der Waals surface area contributed by atoms with Gasteiger partial charge in [-0.2, -0.15) is 0 Å². The molecule has 2 fully saturated rings. The first kappa shape index (κ1) is 14.7. The summed E-state index contributed by atoms with van der Waals surface area (Å²) in [7, 11) is -0.348. The lowest BCUT2D eigenvalue weighted by atomic mass is 10.1. The molecule has 3 N–H and O–H groups in total. The summed E-state index contributed by atoms with van der Waals surface area (Å²) in [4.78, 5) is 0.287. The standard InChI is InChI=1S/C15H23N3O2S/c1-18(2)21(19,20)12-7-8-13(16)14(9-12)17-15(10-3-4-10)11-5-6-11/h7-11,15,17H,3-6,16H2,1-2H3. The van der Waals surface area contributed by atoms with E-state index in [1.54, 1.807) is 18.2 Å². The van der Waals surface area contributed by atoms with Crippen molar-refractivity contribution in [1.82, 2.24) is 4.31 Å². The first-order valence-electron chi connectivity index (χ1n) is 7.48. The van der Waals surface area contributed by atoms with Gasteiger partial charge in [-0.25, -0.2) is 12.7 Å². The molecule has 5 nitrogen and oxygen atoms in total. The minimum absolute atomic E-state index is 0.287. The van der Waals surface area contributed by atoms with Crippen LogP contribution in [0.3, 0.4) is 0 Å². The molecule has 2 aliphatic carbocycles. The average molecular weight is 309 g/mol. The molecule has 0 atom stereocenters. The molecule has 2 saturated carbocycles. The molecule has 3 rings (SSSR count). The maximum atomic E-state index is 12.2. The maximum absolute atomic E-state index is 12.2. The van der Waals surface area contributed by atoms with Crippen molar-refractivity contribution in [3.05, 3.63) is 18.2 Å². The molecule has 1 aromatic carbocycles. The monoisotopic (exact) mass is 309 g/mol. The molecule has 116 valence electrons. The van der Waals surface area contributed by atoms with E-state index in [4.69, 9.17) is 5.73 Å². The van der Waals surface area contributed by atoms with Crippen LogP contribution in [-0.2, 0) is 10.0 Å². The summed E-state index contributed by atoms with van der Waals surface area (Å²) in [6.07, 6.45) is 5.07. The second kappa shape index (κ2) is 5.18. The highest BCUT2D eigenvalue weighted by atomic mass is 32.2. The lowest BCUT2D eigenvalue weighted by Gasteiger charge is -2.21. The van der Waals surface area contributed by atoms with E-state index in [1.807, 2.05) is 0 Å². The van der Waals surface area contributed by atoms with Crippen molar-refractivity contribution in [2.75, 3.05) is 25.1 Å². The van der Waals surface area contributed by atoms with Gasteiger partial charge in [0.1, 0.15) is 0 Å². The number of rotatable bonds is 6. The van der Waals surface area contributed by atoms with Crippen LogP contribution in [0.15, 0.2) is 23.1 Å². The molecule has 0 amide bonds. The van der Waals surface area contributed by atoms with Gasteiger partial charge in [0, 0.05) is 20.1 Å². The van der Waals surface area contributed by atoms with Crippen molar-refractivity contribution in [2.24, 2.45) is 11.8 Å². The van der Waals surface area contributed by atoms with E-state index in [0.29, 0.717) is 11.7 Å². The Hall–Kier alpha value is -1.27. The van der Waals surface area contributed by atoms with Gasteiger partial charge in [-0.1, -0.05) is 0 Å². The number of hydrogen-bond donors (Lipinski definition) is 2. The van der Waals surface area contributed by atoms with E-state index in [-0.39, 0.29) is 4.90 Å². The fourth-order valence-electron chi connectivity index (χ4n) is 2.74. The average Bonchev–Trinajstić information content (AvgIpc) is 3.29. The van der Waals surface area contributed by atoms with E-state index in [2.05, 4.69) is 5.32 Å². The van der Waals surface area contributed by atoms with Crippen molar-refractivity contribution < 1.29 is 8.42 Å². The van der Waals surface area contributed by atoms with Gasteiger partial charge in [0.15, 0.2) is 0 Å². The van der Waals surface area contributed by atoms with Crippen molar-refractivity contribution in [3.63, 3.8) is 0 Å². The summed E-state index contributed by atoms with van der Waals surface area (Å²) in [6.45, 7) is 0. The van der Waals surface area contributed by atoms with Crippen molar-refractivity contribution in [2.45, 2.75) is 36.6 Å². The zero-order chi connectivity index (χ0) is 15.2. The van der Waals surface area contributed by atoms with Gasteiger partial charge in [-0.15, -0.1) is 0 Å². The first-order valence-corrected chi connectivity index (χ1v) is 8.92. The van der Waals surface area contributed by atoms with Crippen LogP contribution in [0.2, 0.25) is 0 Å². The summed E-state index contributed by atoms with van der Waals surface area (Å²) in [5, 5.41) is 3.51. The molecule has 0 spiro atoms. The topological polar surface area (TPSA) is 75.4 Å². The number of hydrogen-bond acceptors (Lipinski definition) is 4. The van der Waals surface area contributed by atoms with Crippen LogP contribution >= 0.6 is 0 Å². The van der Waals surface area contributed by atoms with E-state index >= 15 is 0 Å². The quantitative estimate of drug-likeness (QED) is 0.789. The third kappa shape index (κ3) is 3.01. The highest BCUT2D eigenvalue weighted by Crippen LogP contribution is 2.46. The summed E-state index contributed by atoms with van der Waals surface area (Å²) in [6, 6.07) is 5.36. The fourth-order valence-corrected chi connectivity index (χ4v) is 3.67. The van der Waals surface area contributed by atoms with Gasteiger partial charge in [0.25, 0.3) is 0 Å². The molecule has 0 unspecified atom stereocenters. The molecule has 0 aromatic heterocycles. The third-order valence-electron chi connectivity index (χ3n) is 4.39. The van der Waals surface area contributed by atoms with Crippen molar-refractivity contribution in [3.8, 4) is 0 Å². The Kier molecular flexibility index (Phi) is 3.61. The van der Waals surface area contributed by atoms with E-state index in [1.165, 1.54) is 44.1 Å². The molecule has 0 aliphatic heterocycles. The molecule has 21 heavy (non-hydrogen) atoms. The number of benzene rings is 1. The van der Waals surface area contributed by atoms with Gasteiger partial charge in [-0.05, 0) is 55.7 Å². The Labute approximate surface area is 126 Å². The third-order valence-corrected chi connectivity index (χ3v) is 6.20. The zero-order valence-corrected chi connectivity index (χ0v) is 13.4. The molecule has 0 heterocycles. The molecule has 1 aromatic rings. The second-order valence-electron chi connectivity index (χ2n) is 6.38. The molecule has 2 aliphatic rings. The van der Waals surface area contributed by atoms with Gasteiger partial charge >= 0.3 is 0 Å². The van der Waals surface area contributed by atoms with Gasteiger partial charge in [-0.3, -0.25) is 0 Å². The van der Waals surface area contributed by atoms with Crippen LogP contribution in [0.4, 0.5) is 11.4 Å². The Morgan fingerprint density at radius 1 is 1.19 bits per heavy atom. The SMILES string of the molecule is CN(C)S(=O)(=O)c1ccc(N)c(NC(C2CC2)C2CC2)c1. The Balaban J connectivity index is 1.87. The summed E-state index contributed by atoms with van der Waals surface area (Å²) in [5.74, 6) is 1.46. The van der Waals surface area contributed by atoms with Gasteiger partial charge in [0.2, 0.25) is 10.0 Å². The van der Waals surface area contributed by atoms with Gasteiger partial charge in [0.05, 0.1) is 16.3 Å². The zero-order valence-electron chi connectivity index (χ0n) is 12.5. The summed E-state index contributed by atoms with van der Waals surface area (Å²) < 4.78 is 25.7. The number of anilines is 2. The first-order chi connectivity index (χ1) is 9.89. The lowest BCUT2D eigenvalue weighted by Crippen LogP contribution is -2.26. The minimum atomic E-state index is -3.42. The molecular weight excluding hydrogens is 286 g/mol. The minimum Gasteiger partial charge on any atom is -0.397 e.